The third kappa shape index (κ3) is 18.0. The van der Waals surface area contributed by atoms with Crippen molar-refractivity contribution < 1.29 is 31.9 Å². The van der Waals surface area contributed by atoms with Gasteiger partial charge < -0.3 is 9.53 Å². The largest absolute Gasteiger partial charge is 0 e. The summed E-state index contributed by atoms with van der Waals surface area (Å²) in [7, 11) is 1.48. The Balaban J connectivity index is -0.0000000800. The number of carbonyl (C=O) groups excluding carboxylic acids is 1. The van der Waals surface area contributed by atoms with Crippen molar-refractivity contribution in [2.24, 2.45) is 0 Å². The predicted octanol–water partition coefficient (Wildman–Crippen LogP) is -0.819. The van der Waals surface area contributed by atoms with Crippen molar-refractivity contribution in [2.45, 2.75) is 0 Å². The molecule has 0 aromatic heterocycles. The molecule has 0 atom stereocenters. The van der Waals surface area contributed by atoms with E-state index in [9.17, 15) is 4.79 Å². The summed E-state index contributed by atoms with van der Waals surface area (Å²) in [5.74, 6) is 0. The molecule has 0 bridgehead atoms. The van der Waals surface area contributed by atoms with Crippen LogP contribution >= 0.6 is 0 Å². The fraction of sp³-hybridized carbons (Fsp3) is 0.667. The summed E-state index contributed by atoms with van der Waals surface area (Å²) in [5, 5.41) is 0. The standard InChI is InChI=1S/C3H6O2.K.Nb.H/c1-5-3-2-4;;;/h2H,3H2,1H3;;;. The van der Waals surface area contributed by atoms with Crippen molar-refractivity contribution >= 4 is 57.7 Å². The van der Waals surface area contributed by atoms with Crippen LogP contribution in [0.3, 0.4) is 0 Å². The summed E-state index contributed by atoms with van der Waals surface area (Å²) in [6.07, 6.45) is 0.708. The van der Waals surface area contributed by atoms with Gasteiger partial charge in [0.05, 0.1) is 0 Å². The van der Waals surface area contributed by atoms with E-state index >= 15 is 0 Å². The molecule has 0 aromatic rings. The molecule has 0 aliphatic heterocycles. The van der Waals surface area contributed by atoms with Crippen LogP contribution < -0.4 is 0 Å². The van der Waals surface area contributed by atoms with Crippen LogP contribution in [0, 0.1) is 0 Å². The number of ether oxygens (including phenoxy) is 1. The first kappa shape index (κ1) is 16.0. The van der Waals surface area contributed by atoms with E-state index in [1.165, 1.54) is 7.11 Å². The molecule has 0 aromatic carbocycles. The Bertz CT molecular complexity index is 34.1. The van der Waals surface area contributed by atoms with Crippen molar-refractivity contribution in [1.29, 1.82) is 0 Å². The number of rotatable bonds is 2. The van der Waals surface area contributed by atoms with Gasteiger partial charge in [0.2, 0.25) is 0 Å². The first-order valence-corrected chi connectivity index (χ1v) is 1.34. The SMILES string of the molecule is COCC=O.[KH].[Nb]. The Morgan fingerprint density at radius 1 is 1.71 bits per heavy atom. The molecule has 0 aliphatic rings. The van der Waals surface area contributed by atoms with E-state index in [1.54, 1.807) is 0 Å². The molecule has 0 aliphatic carbocycles. The first-order valence-electron chi connectivity index (χ1n) is 1.34. The molecule has 0 spiro atoms. The Kier molecular flexibility index (Phi) is 35.8. The maximum absolute atomic E-state index is 9.28. The van der Waals surface area contributed by atoms with Gasteiger partial charge in [-0.05, 0) is 0 Å². The summed E-state index contributed by atoms with van der Waals surface area (Å²) in [4.78, 5) is 9.28. The third-order valence-electron chi connectivity index (χ3n) is 0.235. The van der Waals surface area contributed by atoms with Crippen LogP contribution in [-0.4, -0.2) is 71.4 Å². The Morgan fingerprint density at radius 2 is 2.14 bits per heavy atom. The van der Waals surface area contributed by atoms with Crippen molar-refractivity contribution in [3.63, 3.8) is 0 Å². The Hall–Kier alpha value is 2.01. The molecule has 1 radical (unpaired) electrons. The molecule has 0 saturated carbocycles. The zero-order chi connectivity index (χ0) is 4.12. The fourth-order valence-electron chi connectivity index (χ4n) is 0.0680. The minimum atomic E-state index is 0. The second-order valence-electron chi connectivity index (χ2n) is 0.622. The van der Waals surface area contributed by atoms with Crippen LogP contribution in [0.4, 0.5) is 0 Å². The van der Waals surface area contributed by atoms with Crippen molar-refractivity contribution in [2.75, 3.05) is 13.7 Å². The summed E-state index contributed by atoms with van der Waals surface area (Å²) in [6.45, 7) is 0.208. The summed E-state index contributed by atoms with van der Waals surface area (Å²) in [5.41, 5.74) is 0. The molecule has 0 fully saturated rings. The van der Waals surface area contributed by atoms with Gasteiger partial charge in [0.1, 0.15) is 12.9 Å². The van der Waals surface area contributed by atoms with Gasteiger partial charge in [-0.25, -0.2) is 0 Å². The van der Waals surface area contributed by atoms with Gasteiger partial charge in [-0.1, -0.05) is 0 Å². The van der Waals surface area contributed by atoms with Gasteiger partial charge in [0, 0.05) is 29.5 Å². The second kappa shape index (κ2) is 15.7. The molecular formula is C3H7KNbO2. The van der Waals surface area contributed by atoms with Crippen LogP contribution in [0.2, 0.25) is 0 Å². The molecule has 2 nitrogen and oxygen atoms in total. The Morgan fingerprint density at radius 3 is 2.14 bits per heavy atom. The maximum Gasteiger partial charge on any atom is 0 e. The first-order chi connectivity index (χ1) is 2.41. The smallest absolute Gasteiger partial charge is 0 e. The van der Waals surface area contributed by atoms with Gasteiger partial charge in [0.15, 0.2) is 0 Å². The normalized spacial score (nSPS) is 5.29. The van der Waals surface area contributed by atoms with Gasteiger partial charge in [-0.2, -0.15) is 0 Å². The van der Waals surface area contributed by atoms with Crippen molar-refractivity contribution in [1.82, 2.24) is 0 Å². The van der Waals surface area contributed by atoms with Gasteiger partial charge in [-0.3, -0.25) is 0 Å². The average Bonchev–Trinajstić information content (AvgIpc) is 1.41. The summed E-state index contributed by atoms with van der Waals surface area (Å²) < 4.78 is 4.32. The van der Waals surface area contributed by atoms with Crippen molar-refractivity contribution in [3.8, 4) is 0 Å². The Labute approximate surface area is 101 Å². The van der Waals surface area contributed by atoms with Crippen LogP contribution in [0.5, 0.6) is 0 Å². The van der Waals surface area contributed by atoms with Crippen LogP contribution in [-0.2, 0) is 31.9 Å². The molecule has 0 amide bonds. The van der Waals surface area contributed by atoms with Gasteiger partial charge in [0.25, 0.3) is 0 Å². The quantitative estimate of drug-likeness (QED) is 0.437. The molecule has 7 heavy (non-hydrogen) atoms. The average molecular weight is 207 g/mol. The predicted molar refractivity (Wildman–Crippen MR) is 25.1 cm³/mol. The van der Waals surface area contributed by atoms with E-state index < -0.39 is 0 Å². The van der Waals surface area contributed by atoms with E-state index in [-0.39, 0.29) is 80.4 Å². The van der Waals surface area contributed by atoms with E-state index in [0.717, 1.165) is 0 Å². The number of hydrogen-bond acceptors (Lipinski definition) is 2. The molecule has 0 heterocycles. The zero-order valence-corrected chi connectivity index (χ0v) is 5.75. The number of carbonyl (C=O) groups is 1. The van der Waals surface area contributed by atoms with E-state index in [1.807, 2.05) is 0 Å². The third-order valence-corrected chi connectivity index (χ3v) is 0.235. The molecule has 0 N–H and O–H groups in total. The fourth-order valence-corrected chi connectivity index (χ4v) is 0.0680. The molecule has 37 valence electrons. The van der Waals surface area contributed by atoms with Gasteiger partial charge in [-0.15, -0.1) is 0 Å². The van der Waals surface area contributed by atoms with Crippen molar-refractivity contribution in [3.05, 3.63) is 0 Å². The van der Waals surface area contributed by atoms with E-state index in [4.69, 9.17) is 0 Å². The van der Waals surface area contributed by atoms with E-state index in [0.29, 0.717) is 6.29 Å². The molecule has 4 heteroatoms. The summed E-state index contributed by atoms with van der Waals surface area (Å²) >= 11 is 0. The molecular weight excluding hydrogens is 200 g/mol. The summed E-state index contributed by atoms with van der Waals surface area (Å²) in [6, 6.07) is 0. The number of aldehydes is 1. The van der Waals surface area contributed by atoms with Gasteiger partial charge >= 0.3 is 51.4 Å². The zero-order valence-electron chi connectivity index (χ0n) is 3.55. The van der Waals surface area contributed by atoms with Crippen LogP contribution in [0.1, 0.15) is 0 Å². The minimum Gasteiger partial charge on any atom is 0 e. The molecule has 0 saturated heterocycles. The molecule has 0 rings (SSSR count). The number of hydrogen-bond donors (Lipinski definition) is 0. The maximum atomic E-state index is 9.28. The van der Waals surface area contributed by atoms with Crippen LogP contribution in [0.25, 0.3) is 0 Å². The number of methoxy groups -OCH3 is 1. The van der Waals surface area contributed by atoms with Crippen LogP contribution in [0.15, 0.2) is 0 Å². The molecule has 0 unspecified atom stereocenters. The minimum absolute atomic E-state index is 0. The monoisotopic (exact) mass is 207 g/mol. The second-order valence-corrected chi connectivity index (χ2v) is 0.622. The van der Waals surface area contributed by atoms with E-state index in [2.05, 4.69) is 4.74 Å². The topological polar surface area (TPSA) is 26.3 Å².